The summed E-state index contributed by atoms with van der Waals surface area (Å²) < 4.78 is 39.4. The minimum absolute atomic E-state index is 0.141. The summed E-state index contributed by atoms with van der Waals surface area (Å²) in [4.78, 5) is 25.4. The smallest absolute Gasteiger partial charge is 0.370 e. The number of carbonyl (C=O) groups excluding carboxylic acids is 2. The molecule has 0 atom stereocenters. The summed E-state index contributed by atoms with van der Waals surface area (Å²) in [6, 6.07) is 10.2. The number of hydrogen-bond donors (Lipinski definition) is 2. The van der Waals surface area contributed by atoms with E-state index in [1.54, 1.807) is 30.3 Å². The molecule has 0 aliphatic carbocycles. The fraction of sp³-hybridized carbons (Fsp3) is 0.273. The number of rotatable bonds is 5. The number of nitrogens with one attached hydrogen (secondary N) is 2. The molecule has 1 aliphatic rings. The normalized spacial score (nSPS) is 14.2. The maximum absolute atomic E-state index is 13.1. The summed E-state index contributed by atoms with van der Waals surface area (Å²) in [5.41, 5.74) is 1.26. The Balaban J connectivity index is 1.75. The zero-order chi connectivity index (χ0) is 21.7. The Morgan fingerprint density at radius 2 is 1.67 bits per heavy atom. The van der Waals surface area contributed by atoms with Crippen molar-refractivity contribution in [2.24, 2.45) is 0 Å². The second kappa shape index (κ2) is 9.02. The predicted molar refractivity (Wildman–Crippen MR) is 111 cm³/mol. The summed E-state index contributed by atoms with van der Waals surface area (Å²) in [5.74, 6) is -0.715. The van der Waals surface area contributed by atoms with Crippen LogP contribution in [0.15, 0.2) is 48.5 Å². The first kappa shape index (κ1) is 21.4. The van der Waals surface area contributed by atoms with Gasteiger partial charge in [0.25, 0.3) is 0 Å². The molecule has 0 bridgehead atoms. The van der Waals surface area contributed by atoms with Gasteiger partial charge in [0, 0.05) is 31.8 Å². The number of nitrogens with zero attached hydrogens (tertiary/aromatic N) is 1. The first-order chi connectivity index (χ1) is 14.2. The number of benzene rings is 2. The molecule has 0 unspecified atom stereocenters. The first-order valence-corrected chi connectivity index (χ1v) is 9.55. The molecule has 1 fully saturated rings. The lowest BCUT2D eigenvalue weighted by molar-refractivity contribution is -0.137. The van der Waals surface area contributed by atoms with Gasteiger partial charge in [0.15, 0.2) is 0 Å². The molecule has 2 N–H and O–H groups in total. The number of carbonyl (C=O) groups is 2. The molecule has 1 aliphatic heterocycles. The lowest BCUT2D eigenvalue weighted by Crippen LogP contribution is -2.21. The van der Waals surface area contributed by atoms with Gasteiger partial charge in [0.2, 0.25) is 11.8 Å². The van der Waals surface area contributed by atoms with Gasteiger partial charge < -0.3 is 15.5 Å². The summed E-state index contributed by atoms with van der Waals surface area (Å²) in [6.07, 6.45) is 0.248. The molecular weight excluding hydrogens is 395 g/mol. The second-order valence-corrected chi connectivity index (χ2v) is 7.05. The molecular formula is C22H22F3N3O2. The summed E-state index contributed by atoms with van der Waals surface area (Å²) in [7, 11) is 0. The molecule has 0 aromatic heterocycles. The third kappa shape index (κ3) is 5.62. The van der Waals surface area contributed by atoms with Crippen molar-refractivity contribution in [1.82, 2.24) is 0 Å². The van der Waals surface area contributed by atoms with Crippen molar-refractivity contribution in [3.05, 3.63) is 59.7 Å². The highest BCUT2D eigenvalue weighted by atomic mass is 19.4. The van der Waals surface area contributed by atoms with E-state index in [1.807, 2.05) is 4.90 Å². The lowest BCUT2D eigenvalue weighted by atomic mass is 10.1. The van der Waals surface area contributed by atoms with Crippen molar-refractivity contribution in [3.63, 3.8) is 0 Å². The van der Waals surface area contributed by atoms with Gasteiger partial charge in [-0.1, -0.05) is 12.1 Å². The fourth-order valence-corrected chi connectivity index (χ4v) is 3.27. The van der Waals surface area contributed by atoms with Crippen LogP contribution in [0, 0.1) is 0 Å². The molecule has 0 spiro atoms. The van der Waals surface area contributed by atoms with Gasteiger partial charge in [-0.3, -0.25) is 9.59 Å². The average Bonchev–Trinajstić information content (AvgIpc) is 3.21. The molecule has 1 heterocycles. The Hall–Kier alpha value is -3.29. The van der Waals surface area contributed by atoms with E-state index in [2.05, 4.69) is 10.6 Å². The first-order valence-electron chi connectivity index (χ1n) is 9.55. The van der Waals surface area contributed by atoms with Crippen LogP contribution >= 0.6 is 0 Å². The molecule has 0 radical (unpaired) electrons. The third-order valence-corrected chi connectivity index (χ3v) is 4.69. The molecule has 30 heavy (non-hydrogen) atoms. The van der Waals surface area contributed by atoms with Gasteiger partial charge in [0.05, 0.1) is 16.9 Å². The molecule has 0 saturated carbocycles. The Kier molecular flexibility index (Phi) is 6.44. The summed E-state index contributed by atoms with van der Waals surface area (Å²) in [5, 5.41) is 5.22. The van der Waals surface area contributed by atoms with Gasteiger partial charge in [0.1, 0.15) is 0 Å². The highest BCUT2D eigenvalue weighted by Gasteiger charge is 2.31. The van der Waals surface area contributed by atoms with E-state index in [0.717, 1.165) is 38.1 Å². The largest absolute Gasteiger partial charge is 0.416 e. The van der Waals surface area contributed by atoms with Gasteiger partial charge in [-0.05, 0) is 54.8 Å². The van der Waals surface area contributed by atoms with Gasteiger partial charge >= 0.3 is 6.18 Å². The SMILES string of the molecule is CC(=O)Nc1ccc(/C=C/C(=O)Nc2cc(C(F)(F)F)ccc2N2CCCC2)cc1. The van der Waals surface area contributed by atoms with Gasteiger partial charge in [-0.25, -0.2) is 0 Å². The monoisotopic (exact) mass is 417 g/mol. The van der Waals surface area contributed by atoms with E-state index in [0.29, 0.717) is 16.9 Å². The predicted octanol–water partition coefficient (Wildman–Crippen LogP) is 4.92. The van der Waals surface area contributed by atoms with Crippen molar-refractivity contribution in [2.45, 2.75) is 25.9 Å². The van der Waals surface area contributed by atoms with Gasteiger partial charge in [-0.2, -0.15) is 13.2 Å². The van der Waals surface area contributed by atoms with Crippen LogP contribution in [-0.2, 0) is 15.8 Å². The molecule has 8 heteroatoms. The Morgan fingerprint density at radius 3 is 2.27 bits per heavy atom. The maximum atomic E-state index is 13.1. The average molecular weight is 417 g/mol. The van der Waals surface area contributed by atoms with Crippen molar-refractivity contribution in [3.8, 4) is 0 Å². The Morgan fingerprint density at radius 1 is 1.00 bits per heavy atom. The van der Waals surface area contributed by atoms with Crippen LogP contribution < -0.4 is 15.5 Å². The van der Waals surface area contributed by atoms with E-state index < -0.39 is 17.6 Å². The zero-order valence-corrected chi connectivity index (χ0v) is 16.4. The zero-order valence-electron chi connectivity index (χ0n) is 16.4. The number of anilines is 3. The second-order valence-electron chi connectivity index (χ2n) is 7.05. The molecule has 2 aromatic carbocycles. The summed E-state index contributed by atoms with van der Waals surface area (Å²) >= 11 is 0. The quantitative estimate of drug-likeness (QED) is 0.679. The fourth-order valence-electron chi connectivity index (χ4n) is 3.27. The van der Waals surface area contributed by atoms with E-state index in [1.165, 1.54) is 19.1 Å². The molecule has 3 rings (SSSR count). The van der Waals surface area contributed by atoms with Gasteiger partial charge in [-0.15, -0.1) is 0 Å². The number of amides is 2. The highest BCUT2D eigenvalue weighted by Crippen LogP contribution is 2.36. The minimum atomic E-state index is -4.49. The maximum Gasteiger partial charge on any atom is 0.416 e. The molecule has 2 aromatic rings. The van der Waals surface area contributed by atoms with E-state index in [9.17, 15) is 22.8 Å². The van der Waals surface area contributed by atoms with Crippen molar-refractivity contribution in [2.75, 3.05) is 28.6 Å². The van der Waals surface area contributed by atoms with Crippen LogP contribution in [-0.4, -0.2) is 24.9 Å². The Labute approximate surface area is 172 Å². The van der Waals surface area contributed by atoms with E-state index in [-0.39, 0.29) is 11.6 Å². The molecule has 158 valence electrons. The number of halogens is 3. The topological polar surface area (TPSA) is 61.4 Å². The van der Waals surface area contributed by atoms with Crippen molar-refractivity contribution in [1.29, 1.82) is 0 Å². The van der Waals surface area contributed by atoms with Crippen LogP contribution in [0.4, 0.5) is 30.2 Å². The number of alkyl halides is 3. The standard InChI is InChI=1S/C22H22F3N3O2/c1-15(29)26-18-8-4-16(5-9-18)6-11-21(30)27-19-14-17(22(23,24)25)7-10-20(19)28-12-2-3-13-28/h4-11,14H,2-3,12-13H2,1H3,(H,26,29)(H,27,30)/b11-6+. The summed E-state index contributed by atoms with van der Waals surface area (Å²) in [6.45, 7) is 2.89. The van der Waals surface area contributed by atoms with Crippen LogP contribution in [0.25, 0.3) is 6.08 Å². The molecule has 2 amide bonds. The van der Waals surface area contributed by atoms with E-state index >= 15 is 0 Å². The van der Waals surface area contributed by atoms with Crippen LogP contribution in [0.2, 0.25) is 0 Å². The molecule has 1 saturated heterocycles. The highest BCUT2D eigenvalue weighted by molar-refractivity contribution is 6.04. The van der Waals surface area contributed by atoms with Crippen LogP contribution in [0.3, 0.4) is 0 Å². The minimum Gasteiger partial charge on any atom is -0.370 e. The lowest BCUT2D eigenvalue weighted by Gasteiger charge is -2.22. The Bertz CT molecular complexity index is 947. The van der Waals surface area contributed by atoms with Crippen molar-refractivity contribution < 1.29 is 22.8 Å². The van der Waals surface area contributed by atoms with Crippen molar-refractivity contribution >= 4 is 35.0 Å². The third-order valence-electron chi connectivity index (χ3n) is 4.69. The van der Waals surface area contributed by atoms with Crippen LogP contribution in [0.1, 0.15) is 30.9 Å². The van der Waals surface area contributed by atoms with Crippen LogP contribution in [0.5, 0.6) is 0 Å². The molecule has 5 nitrogen and oxygen atoms in total. The number of hydrogen-bond acceptors (Lipinski definition) is 3. The van der Waals surface area contributed by atoms with E-state index in [4.69, 9.17) is 0 Å².